The second kappa shape index (κ2) is 6.15. The lowest BCUT2D eigenvalue weighted by Gasteiger charge is -2.18. The van der Waals surface area contributed by atoms with Crippen molar-refractivity contribution < 1.29 is 9.84 Å². The van der Waals surface area contributed by atoms with E-state index in [1.807, 2.05) is 0 Å². The minimum atomic E-state index is -0.232. The van der Waals surface area contributed by atoms with E-state index in [-0.39, 0.29) is 12.6 Å². The van der Waals surface area contributed by atoms with Crippen LogP contribution in [0.15, 0.2) is 12.1 Å². The molecule has 0 heterocycles. The number of hydrogen-bond donors (Lipinski definition) is 3. The summed E-state index contributed by atoms with van der Waals surface area (Å²) in [5, 5.41) is 12.9. The average molecular weight is 265 g/mol. The van der Waals surface area contributed by atoms with Gasteiger partial charge in [-0.1, -0.05) is 23.2 Å². The van der Waals surface area contributed by atoms with Gasteiger partial charge in [-0.15, -0.1) is 0 Å². The largest absolute Gasteiger partial charge is 0.397 e. The molecule has 0 aliphatic rings. The van der Waals surface area contributed by atoms with Crippen LogP contribution < -0.4 is 11.1 Å². The summed E-state index contributed by atoms with van der Waals surface area (Å²) in [6.45, 7) is 0.309. The monoisotopic (exact) mass is 264 g/mol. The predicted octanol–water partition coefficient (Wildman–Crippen LogP) is 1.99. The Morgan fingerprint density at radius 3 is 2.62 bits per heavy atom. The molecule has 90 valence electrons. The molecule has 1 aromatic rings. The molecular weight excluding hydrogens is 251 g/mol. The van der Waals surface area contributed by atoms with Gasteiger partial charge in [-0.2, -0.15) is 0 Å². The molecule has 0 aromatic heterocycles. The third-order valence-corrected chi connectivity index (χ3v) is 2.76. The topological polar surface area (TPSA) is 67.5 Å². The fourth-order valence-corrected chi connectivity index (χ4v) is 1.58. The first-order chi connectivity index (χ1) is 7.58. The summed E-state index contributed by atoms with van der Waals surface area (Å²) in [5.41, 5.74) is 6.87. The number of nitrogen functional groups attached to an aromatic ring is 1. The van der Waals surface area contributed by atoms with E-state index < -0.39 is 0 Å². The zero-order valence-electron chi connectivity index (χ0n) is 8.84. The number of methoxy groups -OCH3 is 1. The van der Waals surface area contributed by atoms with Crippen LogP contribution in [0.1, 0.15) is 0 Å². The van der Waals surface area contributed by atoms with Crippen molar-refractivity contribution in [3.05, 3.63) is 22.2 Å². The van der Waals surface area contributed by atoms with Crippen molar-refractivity contribution in [3.8, 4) is 0 Å². The third kappa shape index (κ3) is 3.42. The molecule has 0 saturated carbocycles. The van der Waals surface area contributed by atoms with Gasteiger partial charge in [0.25, 0.3) is 0 Å². The number of rotatable bonds is 5. The van der Waals surface area contributed by atoms with Gasteiger partial charge in [0.15, 0.2) is 0 Å². The fourth-order valence-electron chi connectivity index (χ4n) is 1.25. The molecule has 0 amide bonds. The molecule has 1 unspecified atom stereocenters. The molecule has 0 aliphatic carbocycles. The number of aliphatic hydroxyl groups excluding tert-OH is 1. The van der Waals surface area contributed by atoms with Crippen LogP contribution in [-0.2, 0) is 4.74 Å². The number of ether oxygens (including phenoxy) is 1. The zero-order valence-corrected chi connectivity index (χ0v) is 10.3. The highest BCUT2D eigenvalue weighted by Gasteiger charge is 2.10. The summed E-state index contributed by atoms with van der Waals surface area (Å²) in [5.74, 6) is 0. The van der Waals surface area contributed by atoms with Crippen LogP contribution in [0.3, 0.4) is 0 Å². The molecule has 0 saturated heterocycles. The molecule has 0 bridgehead atoms. The molecular formula is C10H14Cl2N2O2. The SMILES string of the molecule is COCC(CO)Nc1cc(Cl)c(Cl)cc1N. The minimum Gasteiger partial charge on any atom is -0.397 e. The minimum absolute atomic E-state index is 0.0620. The first kappa shape index (κ1) is 13.4. The lowest BCUT2D eigenvalue weighted by atomic mass is 10.2. The van der Waals surface area contributed by atoms with Crippen molar-refractivity contribution in [1.82, 2.24) is 0 Å². The van der Waals surface area contributed by atoms with Gasteiger partial charge in [0.1, 0.15) is 0 Å². The quantitative estimate of drug-likeness (QED) is 0.712. The van der Waals surface area contributed by atoms with Crippen molar-refractivity contribution in [2.24, 2.45) is 0 Å². The van der Waals surface area contributed by atoms with Crippen molar-refractivity contribution in [2.45, 2.75) is 6.04 Å². The van der Waals surface area contributed by atoms with Crippen molar-refractivity contribution in [3.63, 3.8) is 0 Å². The molecule has 1 rings (SSSR count). The zero-order chi connectivity index (χ0) is 12.1. The van der Waals surface area contributed by atoms with E-state index in [9.17, 15) is 0 Å². The molecule has 0 radical (unpaired) electrons. The van der Waals surface area contributed by atoms with Gasteiger partial charge in [0.05, 0.1) is 40.7 Å². The van der Waals surface area contributed by atoms with Crippen LogP contribution in [-0.4, -0.2) is 31.5 Å². The van der Waals surface area contributed by atoms with E-state index in [2.05, 4.69) is 5.32 Å². The summed E-state index contributed by atoms with van der Waals surface area (Å²) < 4.78 is 4.94. The van der Waals surface area contributed by atoms with E-state index in [1.165, 1.54) is 0 Å². The van der Waals surface area contributed by atoms with E-state index in [0.29, 0.717) is 28.0 Å². The van der Waals surface area contributed by atoms with Gasteiger partial charge in [-0.3, -0.25) is 0 Å². The Morgan fingerprint density at radius 1 is 1.44 bits per heavy atom. The molecule has 16 heavy (non-hydrogen) atoms. The summed E-state index contributed by atoms with van der Waals surface area (Å²) in [4.78, 5) is 0. The maximum absolute atomic E-state index is 9.09. The Kier molecular flexibility index (Phi) is 5.15. The number of nitrogens with two attached hydrogens (primary N) is 1. The lowest BCUT2D eigenvalue weighted by molar-refractivity contribution is 0.153. The summed E-state index contributed by atoms with van der Waals surface area (Å²) >= 11 is 11.7. The number of hydrogen-bond acceptors (Lipinski definition) is 4. The standard InChI is InChI=1S/C10H14Cl2N2O2/c1-16-5-6(4-15)14-10-3-8(12)7(11)2-9(10)13/h2-3,6,14-15H,4-5,13H2,1H3. The number of benzene rings is 1. The van der Waals surface area contributed by atoms with Gasteiger partial charge >= 0.3 is 0 Å². The molecule has 0 spiro atoms. The molecule has 0 aliphatic heterocycles. The molecule has 1 atom stereocenters. The van der Waals surface area contributed by atoms with Crippen LogP contribution in [0, 0.1) is 0 Å². The Hall–Kier alpha value is -0.680. The highest BCUT2D eigenvalue weighted by molar-refractivity contribution is 6.42. The Bertz CT molecular complexity index is 361. The maximum atomic E-state index is 9.09. The van der Waals surface area contributed by atoms with Gasteiger partial charge in [-0.05, 0) is 12.1 Å². The Balaban J connectivity index is 2.83. The van der Waals surface area contributed by atoms with Crippen molar-refractivity contribution in [2.75, 3.05) is 31.4 Å². The number of anilines is 2. The highest BCUT2D eigenvalue weighted by Crippen LogP contribution is 2.30. The van der Waals surface area contributed by atoms with E-state index in [4.69, 9.17) is 38.8 Å². The first-order valence-corrected chi connectivity index (χ1v) is 5.45. The third-order valence-electron chi connectivity index (χ3n) is 2.04. The van der Waals surface area contributed by atoms with Crippen LogP contribution in [0.5, 0.6) is 0 Å². The van der Waals surface area contributed by atoms with E-state index in [1.54, 1.807) is 19.2 Å². The van der Waals surface area contributed by atoms with Crippen LogP contribution in [0.2, 0.25) is 10.0 Å². The maximum Gasteiger partial charge on any atom is 0.0726 e. The smallest absolute Gasteiger partial charge is 0.0726 e. The predicted molar refractivity (Wildman–Crippen MR) is 67.2 cm³/mol. The van der Waals surface area contributed by atoms with E-state index >= 15 is 0 Å². The lowest BCUT2D eigenvalue weighted by Crippen LogP contribution is -2.29. The van der Waals surface area contributed by atoms with Crippen molar-refractivity contribution >= 4 is 34.6 Å². The summed E-state index contributed by atoms with van der Waals surface area (Å²) in [6.07, 6.45) is 0. The van der Waals surface area contributed by atoms with Gasteiger partial charge in [0.2, 0.25) is 0 Å². The first-order valence-electron chi connectivity index (χ1n) is 4.69. The number of nitrogens with one attached hydrogen (secondary N) is 1. The van der Waals surface area contributed by atoms with Gasteiger partial charge < -0.3 is 20.9 Å². The number of aliphatic hydroxyl groups is 1. The fraction of sp³-hybridized carbons (Fsp3) is 0.400. The molecule has 4 nitrogen and oxygen atoms in total. The van der Waals surface area contributed by atoms with Crippen molar-refractivity contribution in [1.29, 1.82) is 0 Å². The Labute approximate surface area is 104 Å². The van der Waals surface area contributed by atoms with Gasteiger partial charge in [0, 0.05) is 7.11 Å². The summed E-state index contributed by atoms with van der Waals surface area (Å²) in [6, 6.07) is 2.95. The normalized spacial score (nSPS) is 12.5. The van der Waals surface area contributed by atoms with Crippen LogP contribution in [0.4, 0.5) is 11.4 Å². The molecule has 0 fully saturated rings. The van der Waals surface area contributed by atoms with Crippen LogP contribution in [0.25, 0.3) is 0 Å². The highest BCUT2D eigenvalue weighted by atomic mass is 35.5. The van der Waals surface area contributed by atoms with Crippen LogP contribution >= 0.6 is 23.2 Å². The Morgan fingerprint density at radius 2 is 2.06 bits per heavy atom. The second-order valence-electron chi connectivity index (χ2n) is 3.33. The number of halogens is 2. The average Bonchev–Trinajstić information content (AvgIpc) is 2.25. The summed E-state index contributed by atoms with van der Waals surface area (Å²) in [7, 11) is 1.56. The van der Waals surface area contributed by atoms with E-state index in [0.717, 1.165) is 0 Å². The molecule has 4 N–H and O–H groups in total. The second-order valence-corrected chi connectivity index (χ2v) is 4.15. The molecule has 6 heteroatoms. The van der Waals surface area contributed by atoms with Gasteiger partial charge in [-0.25, -0.2) is 0 Å². The molecule has 1 aromatic carbocycles.